The van der Waals surface area contributed by atoms with Crippen molar-refractivity contribution in [2.24, 2.45) is 0 Å². The summed E-state index contributed by atoms with van der Waals surface area (Å²) in [4.78, 5) is 32.6. The first-order valence-corrected chi connectivity index (χ1v) is 9.48. The number of likely N-dealkylation sites (N-methyl/N-ethyl adjacent to an activating group) is 1. The Kier molecular flexibility index (Phi) is 6.15. The van der Waals surface area contributed by atoms with Gasteiger partial charge in [-0.15, -0.1) is 0 Å². The molecule has 1 aromatic heterocycles. The van der Waals surface area contributed by atoms with E-state index >= 15 is 0 Å². The molecule has 0 radical (unpaired) electrons. The Morgan fingerprint density at radius 1 is 1.26 bits per heavy atom. The Morgan fingerprint density at radius 2 is 2.00 bits per heavy atom. The Balaban J connectivity index is 1.93. The zero-order chi connectivity index (χ0) is 22.8. The number of carbonyl (C=O) groups excluding carboxylic acids is 2. The lowest BCUT2D eigenvalue weighted by Gasteiger charge is -2.41. The molecule has 1 fully saturated rings. The highest BCUT2D eigenvalue weighted by Gasteiger charge is 2.38. The molecular weight excluding hydrogens is 411 g/mol. The average Bonchev–Trinajstić information content (AvgIpc) is 2.77. The first kappa shape index (κ1) is 22.1. The van der Waals surface area contributed by atoms with E-state index in [1.807, 2.05) is 0 Å². The molecule has 1 aromatic carbocycles. The molecule has 0 bridgehead atoms. The monoisotopic (exact) mass is 431 g/mol. The number of nitriles is 1. The van der Waals surface area contributed by atoms with Gasteiger partial charge in [0, 0.05) is 32.0 Å². The second-order valence-electron chi connectivity index (χ2n) is 7.08. The summed E-state index contributed by atoms with van der Waals surface area (Å²) in [5, 5.41) is 11.5. The fourth-order valence-electron chi connectivity index (χ4n) is 3.57. The van der Waals surface area contributed by atoms with E-state index in [2.05, 4.69) is 10.3 Å². The van der Waals surface area contributed by atoms with Gasteiger partial charge in [0.15, 0.2) is 0 Å². The maximum atomic E-state index is 13.4. The van der Waals surface area contributed by atoms with E-state index in [0.717, 1.165) is 12.1 Å². The smallest absolute Gasteiger partial charge is 0.357 e. The first-order chi connectivity index (χ1) is 14.7. The van der Waals surface area contributed by atoms with Gasteiger partial charge in [-0.1, -0.05) is 6.07 Å². The molecule has 7 nitrogen and oxygen atoms in total. The molecule has 31 heavy (non-hydrogen) atoms. The number of hydrogen-bond acceptors (Lipinski definition) is 5. The molecule has 0 aliphatic carbocycles. The van der Waals surface area contributed by atoms with Crippen molar-refractivity contribution < 1.29 is 22.8 Å². The number of hydrogen-bond donors (Lipinski definition) is 1. The van der Waals surface area contributed by atoms with E-state index in [1.54, 1.807) is 25.1 Å². The number of carbonyl (C=O) groups is 2. The lowest BCUT2D eigenvalue weighted by Crippen LogP contribution is -2.60. The van der Waals surface area contributed by atoms with Crippen molar-refractivity contribution in [1.29, 1.82) is 5.26 Å². The highest BCUT2D eigenvalue weighted by molar-refractivity contribution is 5.95. The maximum Gasteiger partial charge on any atom is 0.417 e. The van der Waals surface area contributed by atoms with Crippen LogP contribution in [0.1, 0.15) is 27.2 Å². The van der Waals surface area contributed by atoms with Gasteiger partial charge >= 0.3 is 6.18 Å². The number of aryl methyl sites for hydroxylation is 1. The van der Waals surface area contributed by atoms with Crippen LogP contribution in [0.15, 0.2) is 36.5 Å². The van der Waals surface area contributed by atoms with Crippen LogP contribution in [0.4, 0.5) is 18.9 Å². The van der Waals surface area contributed by atoms with Crippen molar-refractivity contribution in [2.45, 2.75) is 19.1 Å². The standard InChI is InChI=1S/C21H20F3N5O2/c1-13-4-3-7-27-18(13)20(31)28-8-9-29(17(12-28)19(30)26-2)15-6-5-14(11-25)16(10-15)21(22,23)24/h3-7,10,17H,8-9,12H2,1-2H3,(H,26,30). The molecule has 0 spiro atoms. The maximum absolute atomic E-state index is 13.4. The Bertz CT molecular complexity index is 1050. The van der Waals surface area contributed by atoms with Crippen molar-refractivity contribution >= 4 is 17.5 Å². The van der Waals surface area contributed by atoms with Crippen LogP contribution in [0.5, 0.6) is 0 Å². The van der Waals surface area contributed by atoms with Gasteiger partial charge in [0.2, 0.25) is 5.91 Å². The molecule has 2 amide bonds. The highest BCUT2D eigenvalue weighted by Crippen LogP contribution is 2.35. The molecule has 1 unspecified atom stereocenters. The fourth-order valence-corrected chi connectivity index (χ4v) is 3.57. The van der Waals surface area contributed by atoms with E-state index in [1.165, 1.54) is 29.1 Å². The number of rotatable bonds is 3. The van der Waals surface area contributed by atoms with Gasteiger partial charge in [-0.25, -0.2) is 0 Å². The fraction of sp³-hybridized carbons (Fsp3) is 0.333. The molecule has 2 heterocycles. The van der Waals surface area contributed by atoms with Gasteiger partial charge in [0.25, 0.3) is 5.91 Å². The molecule has 1 atom stereocenters. The van der Waals surface area contributed by atoms with Crippen molar-refractivity contribution in [3.63, 3.8) is 0 Å². The zero-order valence-corrected chi connectivity index (χ0v) is 16.9. The SMILES string of the molecule is CNC(=O)C1CN(C(=O)c2ncccc2C)CCN1c1ccc(C#N)c(C(F)(F)F)c1. The first-order valence-electron chi connectivity index (χ1n) is 9.48. The van der Waals surface area contributed by atoms with Crippen LogP contribution in [0, 0.1) is 18.3 Å². The Labute approximate surface area is 177 Å². The van der Waals surface area contributed by atoms with E-state index in [4.69, 9.17) is 5.26 Å². The second kappa shape index (κ2) is 8.63. The number of anilines is 1. The third-order valence-corrected chi connectivity index (χ3v) is 5.19. The Morgan fingerprint density at radius 3 is 2.61 bits per heavy atom. The van der Waals surface area contributed by atoms with Crippen molar-refractivity contribution in [3.8, 4) is 6.07 Å². The summed E-state index contributed by atoms with van der Waals surface area (Å²) in [5.41, 5.74) is -0.448. The van der Waals surface area contributed by atoms with Gasteiger partial charge < -0.3 is 15.1 Å². The third kappa shape index (κ3) is 4.45. The van der Waals surface area contributed by atoms with E-state index in [0.29, 0.717) is 5.56 Å². The number of aromatic nitrogens is 1. The summed E-state index contributed by atoms with van der Waals surface area (Å²) in [7, 11) is 1.42. The van der Waals surface area contributed by atoms with E-state index < -0.39 is 29.3 Å². The van der Waals surface area contributed by atoms with Crippen molar-refractivity contribution in [2.75, 3.05) is 31.6 Å². The van der Waals surface area contributed by atoms with Crippen LogP contribution in [-0.4, -0.2) is 54.4 Å². The Hall–Kier alpha value is -3.61. The lowest BCUT2D eigenvalue weighted by molar-refractivity contribution is -0.137. The second-order valence-corrected chi connectivity index (χ2v) is 7.08. The van der Waals surface area contributed by atoms with Crippen LogP contribution in [-0.2, 0) is 11.0 Å². The number of amides is 2. The topological polar surface area (TPSA) is 89.3 Å². The van der Waals surface area contributed by atoms with Crippen LogP contribution in [0.3, 0.4) is 0 Å². The zero-order valence-electron chi connectivity index (χ0n) is 16.9. The summed E-state index contributed by atoms with van der Waals surface area (Å²) in [6.45, 7) is 2.07. The lowest BCUT2D eigenvalue weighted by atomic mass is 10.0. The minimum atomic E-state index is -4.71. The predicted octanol–water partition coefficient (Wildman–Crippen LogP) is 2.36. The summed E-state index contributed by atoms with van der Waals surface area (Å²) in [5.74, 6) is -0.782. The summed E-state index contributed by atoms with van der Waals surface area (Å²) >= 11 is 0. The normalized spacial score (nSPS) is 16.6. The molecule has 2 aromatic rings. The van der Waals surface area contributed by atoms with Gasteiger partial charge in [-0.05, 0) is 36.8 Å². The molecule has 1 aliphatic rings. The molecule has 3 rings (SSSR count). The molecule has 10 heteroatoms. The minimum Gasteiger partial charge on any atom is -0.357 e. The largest absolute Gasteiger partial charge is 0.417 e. The molecule has 1 aliphatic heterocycles. The molecule has 0 saturated carbocycles. The van der Waals surface area contributed by atoms with Crippen molar-refractivity contribution in [3.05, 3.63) is 58.9 Å². The number of nitrogens with one attached hydrogen (secondary N) is 1. The molecule has 1 N–H and O–H groups in total. The summed E-state index contributed by atoms with van der Waals surface area (Å²) in [6.07, 6.45) is -3.21. The number of benzene rings is 1. The average molecular weight is 431 g/mol. The van der Waals surface area contributed by atoms with Crippen LogP contribution < -0.4 is 10.2 Å². The molecular formula is C21H20F3N5O2. The molecule has 1 saturated heterocycles. The van der Waals surface area contributed by atoms with Crippen LogP contribution in [0.25, 0.3) is 0 Å². The number of piperazine rings is 1. The predicted molar refractivity (Wildman–Crippen MR) is 106 cm³/mol. The molecule has 162 valence electrons. The van der Waals surface area contributed by atoms with Gasteiger partial charge in [0.1, 0.15) is 11.7 Å². The number of nitrogens with zero attached hydrogens (tertiary/aromatic N) is 4. The van der Waals surface area contributed by atoms with E-state index in [-0.39, 0.29) is 36.9 Å². The van der Waals surface area contributed by atoms with Gasteiger partial charge in [-0.3, -0.25) is 14.6 Å². The van der Waals surface area contributed by atoms with Crippen LogP contribution in [0.2, 0.25) is 0 Å². The third-order valence-electron chi connectivity index (χ3n) is 5.19. The minimum absolute atomic E-state index is 0.0180. The quantitative estimate of drug-likeness (QED) is 0.806. The van der Waals surface area contributed by atoms with Gasteiger partial charge in [0.05, 0.1) is 23.7 Å². The number of halogens is 3. The van der Waals surface area contributed by atoms with Crippen LogP contribution >= 0.6 is 0 Å². The number of pyridine rings is 1. The summed E-state index contributed by atoms with van der Waals surface area (Å²) < 4.78 is 40.2. The highest BCUT2D eigenvalue weighted by atomic mass is 19.4. The van der Waals surface area contributed by atoms with Gasteiger partial charge in [-0.2, -0.15) is 18.4 Å². The summed E-state index contributed by atoms with van der Waals surface area (Å²) in [6, 6.07) is 7.44. The number of alkyl halides is 3. The van der Waals surface area contributed by atoms with E-state index in [9.17, 15) is 22.8 Å². The van der Waals surface area contributed by atoms with Crippen molar-refractivity contribution in [1.82, 2.24) is 15.2 Å².